The predicted octanol–water partition coefficient (Wildman–Crippen LogP) is 8.19. The van der Waals surface area contributed by atoms with E-state index in [4.69, 9.17) is 14.9 Å². The average Bonchev–Trinajstić information content (AvgIpc) is 2.88. The zero-order chi connectivity index (χ0) is 28.9. The molecule has 0 saturated carbocycles. The normalized spacial score (nSPS) is 11.4. The molecule has 0 atom stereocenters. The second kappa shape index (κ2) is 20.3. The van der Waals surface area contributed by atoms with Crippen LogP contribution in [0.1, 0.15) is 113 Å². The highest BCUT2D eigenvalue weighted by molar-refractivity contribution is 7.51. The van der Waals surface area contributed by atoms with Gasteiger partial charge in [-0.15, -0.1) is 0 Å². The third-order valence-corrected chi connectivity index (χ3v) is 7.20. The maximum Gasteiger partial charge on any atom is 0.339 e. The van der Waals surface area contributed by atoms with Gasteiger partial charge in [-0.1, -0.05) is 103 Å². The SMILES string of the molecule is CCCCCCCCCCCCCCCCP(=O)(O)O.O=C(O)c1ccc(/N=C/c2ccccc2O)cc1O. The van der Waals surface area contributed by atoms with Crippen molar-refractivity contribution in [3.05, 3.63) is 53.6 Å². The van der Waals surface area contributed by atoms with Crippen LogP contribution in [0.15, 0.2) is 47.5 Å². The average molecular weight is 564 g/mol. The van der Waals surface area contributed by atoms with E-state index in [1.807, 2.05) is 0 Å². The highest BCUT2D eigenvalue weighted by Crippen LogP contribution is 2.35. The number of benzene rings is 2. The molecule has 0 amide bonds. The van der Waals surface area contributed by atoms with Crippen molar-refractivity contribution in [2.24, 2.45) is 4.99 Å². The standard InChI is InChI=1S/C16H35O3P.C14H11NO4/c1-2-3-4-5-6-7-8-9-10-11-12-13-14-15-16-20(17,18)19;16-12-4-2-1-3-9(12)8-15-10-5-6-11(14(18)19)13(17)7-10/h2-16H2,1H3,(H2,17,18,19);1-8,16-17H,(H,18,19)/b;15-8+. The molecule has 218 valence electrons. The van der Waals surface area contributed by atoms with Crippen molar-refractivity contribution < 1.29 is 34.5 Å². The summed E-state index contributed by atoms with van der Waals surface area (Å²) in [6.45, 7) is 2.26. The number of aromatic carboxylic acids is 1. The predicted molar refractivity (Wildman–Crippen MR) is 158 cm³/mol. The number of hydrogen-bond donors (Lipinski definition) is 5. The van der Waals surface area contributed by atoms with Crippen LogP contribution in [-0.4, -0.2) is 43.5 Å². The zero-order valence-electron chi connectivity index (χ0n) is 23.2. The first-order valence-corrected chi connectivity index (χ1v) is 15.9. The quantitative estimate of drug-likeness (QED) is 0.0697. The van der Waals surface area contributed by atoms with Gasteiger partial charge < -0.3 is 25.1 Å². The molecule has 8 nitrogen and oxygen atoms in total. The zero-order valence-corrected chi connectivity index (χ0v) is 24.1. The third-order valence-electron chi connectivity index (χ3n) is 6.30. The molecule has 0 unspecified atom stereocenters. The lowest BCUT2D eigenvalue weighted by Crippen LogP contribution is -1.95. The van der Waals surface area contributed by atoms with Crippen molar-refractivity contribution in [1.82, 2.24) is 0 Å². The Balaban J connectivity index is 0.000000390. The highest BCUT2D eigenvalue weighted by atomic mass is 31.2. The molecule has 0 aliphatic carbocycles. The van der Waals surface area contributed by atoms with E-state index in [1.165, 1.54) is 101 Å². The number of carbonyl (C=O) groups is 1. The fourth-order valence-electron chi connectivity index (χ4n) is 4.03. The molecule has 0 aromatic heterocycles. The summed E-state index contributed by atoms with van der Waals surface area (Å²) in [6, 6.07) is 10.7. The maximum atomic E-state index is 10.7. The molecular weight excluding hydrogens is 517 g/mol. The molecular formula is C30H46NO7P. The smallest absolute Gasteiger partial charge is 0.339 e. The molecule has 2 aromatic rings. The van der Waals surface area contributed by atoms with E-state index in [-0.39, 0.29) is 23.2 Å². The van der Waals surface area contributed by atoms with E-state index in [0.29, 0.717) is 17.7 Å². The Labute approximate surface area is 233 Å². The lowest BCUT2D eigenvalue weighted by molar-refractivity contribution is 0.0693. The number of phenolic OH excluding ortho intramolecular Hbond substituents is 1. The van der Waals surface area contributed by atoms with Crippen molar-refractivity contribution >= 4 is 25.5 Å². The molecule has 2 aromatic carbocycles. The minimum absolute atomic E-state index is 0.0605. The van der Waals surface area contributed by atoms with Crippen molar-refractivity contribution in [3.63, 3.8) is 0 Å². The molecule has 9 heteroatoms. The van der Waals surface area contributed by atoms with E-state index in [0.717, 1.165) is 12.8 Å². The van der Waals surface area contributed by atoms with Crippen LogP contribution >= 0.6 is 7.60 Å². The summed E-state index contributed by atoms with van der Waals surface area (Å²) in [5, 5.41) is 27.8. The van der Waals surface area contributed by atoms with Crippen LogP contribution in [-0.2, 0) is 4.57 Å². The van der Waals surface area contributed by atoms with Gasteiger partial charge >= 0.3 is 13.6 Å². The number of carboxylic acid groups (broad SMARTS) is 1. The van der Waals surface area contributed by atoms with Gasteiger partial charge in [0.1, 0.15) is 17.1 Å². The number of carboxylic acids is 1. The molecule has 2 rings (SSSR count). The summed E-state index contributed by atoms with van der Waals surface area (Å²) < 4.78 is 10.6. The molecule has 39 heavy (non-hydrogen) atoms. The lowest BCUT2D eigenvalue weighted by Gasteiger charge is -2.04. The maximum absolute atomic E-state index is 10.7. The van der Waals surface area contributed by atoms with Gasteiger partial charge in [-0.05, 0) is 30.7 Å². The fraction of sp³-hybridized carbons (Fsp3) is 0.533. The van der Waals surface area contributed by atoms with Gasteiger partial charge in [-0.3, -0.25) is 9.56 Å². The first-order valence-electron chi connectivity index (χ1n) is 14.1. The lowest BCUT2D eigenvalue weighted by atomic mass is 10.0. The molecule has 0 saturated heterocycles. The Morgan fingerprint density at radius 2 is 1.28 bits per heavy atom. The van der Waals surface area contributed by atoms with Gasteiger partial charge in [-0.25, -0.2) is 4.79 Å². The molecule has 0 bridgehead atoms. The minimum atomic E-state index is -3.75. The molecule has 0 spiro atoms. The van der Waals surface area contributed by atoms with Crippen LogP contribution in [0, 0.1) is 0 Å². The topological polar surface area (TPSA) is 148 Å². The number of para-hydroxylation sites is 1. The Kier molecular flexibility index (Phi) is 17.9. The molecule has 0 radical (unpaired) electrons. The Bertz CT molecular complexity index is 1040. The molecule has 5 N–H and O–H groups in total. The van der Waals surface area contributed by atoms with E-state index in [1.54, 1.807) is 18.2 Å². The summed E-state index contributed by atoms with van der Waals surface area (Å²) in [5.74, 6) is -1.45. The number of unbranched alkanes of at least 4 members (excludes halogenated alkanes) is 13. The third kappa shape index (κ3) is 17.5. The number of rotatable bonds is 18. The number of phenols is 2. The Morgan fingerprint density at radius 1 is 0.769 bits per heavy atom. The number of hydrogen-bond acceptors (Lipinski definition) is 5. The van der Waals surface area contributed by atoms with E-state index in [2.05, 4.69) is 11.9 Å². The van der Waals surface area contributed by atoms with Crippen LogP contribution in [0.3, 0.4) is 0 Å². The number of aliphatic imine (C=N–C) groups is 1. The van der Waals surface area contributed by atoms with Gasteiger partial charge in [-0.2, -0.15) is 0 Å². The first-order chi connectivity index (χ1) is 18.6. The summed E-state index contributed by atoms with van der Waals surface area (Å²) >= 11 is 0. The van der Waals surface area contributed by atoms with Crippen LogP contribution in [0.4, 0.5) is 5.69 Å². The van der Waals surface area contributed by atoms with Crippen LogP contribution in [0.5, 0.6) is 11.5 Å². The van der Waals surface area contributed by atoms with Crippen LogP contribution in [0.2, 0.25) is 0 Å². The molecule has 0 aliphatic rings. The van der Waals surface area contributed by atoms with Crippen molar-refractivity contribution in [2.75, 3.05) is 6.16 Å². The second-order valence-corrected chi connectivity index (χ2v) is 11.6. The van der Waals surface area contributed by atoms with Crippen molar-refractivity contribution in [2.45, 2.75) is 96.8 Å². The summed E-state index contributed by atoms with van der Waals surface area (Å²) in [6.07, 6.45) is 19.2. The van der Waals surface area contributed by atoms with Gasteiger partial charge in [0.05, 0.1) is 5.69 Å². The first kappa shape index (κ1) is 34.4. The Morgan fingerprint density at radius 3 is 1.74 bits per heavy atom. The van der Waals surface area contributed by atoms with E-state index in [9.17, 15) is 19.6 Å². The monoisotopic (exact) mass is 563 g/mol. The number of aromatic hydroxyl groups is 2. The van der Waals surface area contributed by atoms with Gasteiger partial charge in [0, 0.05) is 24.0 Å². The van der Waals surface area contributed by atoms with Gasteiger partial charge in [0.15, 0.2) is 0 Å². The van der Waals surface area contributed by atoms with Crippen LogP contribution < -0.4 is 0 Å². The minimum Gasteiger partial charge on any atom is -0.507 e. The van der Waals surface area contributed by atoms with E-state index < -0.39 is 13.6 Å². The molecule has 0 aliphatic heterocycles. The van der Waals surface area contributed by atoms with Crippen molar-refractivity contribution in [3.8, 4) is 11.5 Å². The second-order valence-electron chi connectivity index (χ2n) is 9.81. The van der Waals surface area contributed by atoms with Gasteiger partial charge in [0.2, 0.25) is 0 Å². The molecule has 0 fully saturated rings. The largest absolute Gasteiger partial charge is 0.507 e. The highest BCUT2D eigenvalue weighted by Gasteiger charge is 2.11. The fourth-order valence-corrected chi connectivity index (χ4v) is 4.67. The van der Waals surface area contributed by atoms with Crippen molar-refractivity contribution in [1.29, 1.82) is 0 Å². The summed E-state index contributed by atoms with van der Waals surface area (Å²) in [7, 11) is -3.75. The number of nitrogens with zero attached hydrogens (tertiary/aromatic N) is 1. The molecule has 0 heterocycles. The summed E-state index contributed by atoms with van der Waals surface area (Å²) in [5.41, 5.74) is 0.747. The van der Waals surface area contributed by atoms with Gasteiger partial charge in [0.25, 0.3) is 0 Å². The van der Waals surface area contributed by atoms with Crippen LogP contribution in [0.25, 0.3) is 0 Å². The Hall–Kier alpha value is -2.67. The summed E-state index contributed by atoms with van der Waals surface area (Å²) in [4.78, 5) is 32.2. The van der Waals surface area contributed by atoms with E-state index >= 15 is 0 Å².